The third kappa shape index (κ3) is 9.85. The number of rotatable bonds is 1. The van der Waals surface area contributed by atoms with Gasteiger partial charge in [0.2, 0.25) is 0 Å². The summed E-state index contributed by atoms with van der Waals surface area (Å²) < 4.78 is 30.1. The number of benzene rings is 1. The first-order chi connectivity index (χ1) is 6.06. The molecule has 0 atom stereocenters. The minimum absolute atomic E-state index is 0. The molecule has 0 heterocycles. The van der Waals surface area contributed by atoms with Crippen molar-refractivity contribution in [1.82, 2.24) is 0 Å². The second-order valence-corrected chi connectivity index (χ2v) is 2.87. The molecule has 6 heteroatoms. The molecular formula is C8H8FNaO3S. The average molecular weight is 226 g/mol. The number of aldehydes is 1. The fourth-order valence-corrected chi connectivity index (χ4v) is 0.541. The Balaban J connectivity index is 0. The molecule has 1 aromatic carbocycles. The van der Waals surface area contributed by atoms with E-state index in [1.165, 1.54) is 24.3 Å². The van der Waals surface area contributed by atoms with Gasteiger partial charge >= 0.3 is 29.6 Å². The summed E-state index contributed by atoms with van der Waals surface area (Å²) in [6, 6.07) is 5.37. The zero-order valence-corrected chi connectivity index (χ0v) is 10.7. The molecule has 0 aliphatic carbocycles. The van der Waals surface area contributed by atoms with Crippen molar-refractivity contribution in [2.24, 2.45) is 0 Å². The molecule has 72 valence electrons. The van der Waals surface area contributed by atoms with Gasteiger partial charge in [-0.05, 0) is 24.3 Å². The smallest absolute Gasteiger partial charge is 0.424 e. The molecule has 0 unspecified atom stereocenters. The van der Waals surface area contributed by atoms with Gasteiger partial charge in [-0.15, -0.1) is 0 Å². The minimum atomic E-state index is -1.86. The van der Waals surface area contributed by atoms with E-state index in [9.17, 15) is 9.18 Å². The molecule has 0 fully saturated rings. The molecule has 0 bridgehead atoms. The van der Waals surface area contributed by atoms with Crippen LogP contribution in [-0.4, -0.2) is 12.5 Å². The number of halogens is 1. The first-order valence-corrected chi connectivity index (χ1v) is 4.76. The van der Waals surface area contributed by atoms with Crippen molar-refractivity contribution in [3.05, 3.63) is 35.6 Å². The summed E-state index contributed by atoms with van der Waals surface area (Å²) in [5.41, 5.74) is 0.497. The van der Waals surface area contributed by atoms with Crippen molar-refractivity contribution in [2.45, 2.75) is 0 Å². The monoisotopic (exact) mass is 226 g/mol. The van der Waals surface area contributed by atoms with Crippen molar-refractivity contribution >= 4 is 17.0 Å². The number of hydrogen-bond acceptors (Lipinski definition) is 4. The Bertz CT molecular complexity index is 327. The zero-order valence-electron chi connectivity index (χ0n) is 7.90. The van der Waals surface area contributed by atoms with E-state index in [2.05, 4.69) is 0 Å². The van der Waals surface area contributed by atoms with Crippen molar-refractivity contribution < 1.29 is 47.2 Å². The fraction of sp³-hybridized carbons (Fsp3) is 0.125. The molecule has 0 amide bonds. The van der Waals surface area contributed by atoms with Gasteiger partial charge in [-0.2, -0.15) is 0 Å². The van der Waals surface area contributed by atoms with E-state index in [4.69, 9.17) is 8.42 Å². The maximum absolute atomic E-state index is 12.1. The van der Waals surface area contributed by atoms with E-state index in [0.717, 1.165) is 6.26 Å². The van der Waals surface area contributed by atoms with E-state index in [-0.39, 0.29) is 35.4 Å². The summed E-state index contributed by atoms with van der Waals surface area (Å²) in [6.45, 7) is 0. The summed E-state index contributed by atoms with van der Waals surface area (Å²) in [5, 5.41) is 0. The van der Waals surface area contributed by atoms with E-state index < -0.39 is 10.7 Å². The van der Waals surface area contributed by atoms with Gasteiger partial charge in [-0.25, -0.2) is 4.39 Å². The van der Waals surface area contributed by atoms with Gasteiger partial charge in [-0.1, -0.05) is 17.0 Å². The summed E-state index contributed by atoms with van der Waals surface area (Å²) in [5.74, 6) is -0.319. The molecular weight excluding hydrogens is 218 g/mol. The molecule has 0 saturated carbocycles. The molecule has 14 heavy (non-hydrogen) atoms. The van der Waals surface area contributed by atoms with E-state index in [1.807, 2.05) is 0 Å². The van der Waals surface area contributed by atoms with Gasteiger partial charge in [0.1, 0.15) is 12.1 Å². The van der Waals surface area contributed by atoms with Crippen molar-refractivity contribution in [3.63, 3.8) is 0 Å². The first-order valence-electron chi connectivity index (χ1n) is 3.28. The van der Waals surface area contributed by atoms with Crippen molar-refractivity contribution in [1.29, 1.82) is 0 Å². The average Bonchev–Trinajstić information content (AvgIpc) is 2.05. The topological polar surface area (TPSA) is 51.2 Å². The Morgan fingerprint density at radius 1 is 1.21 bits per heavy atom. The van der Waals surface area contributed by atoms with Gasteiger partial charge in [0.05, 0.1) is 0 Å². The van der Waals surface area contributed by atoms with Gasteiger partial charge in [0, 0.05) is 5.56 Å². The quantitative estimate of drug-likeness (QED) is 0.335. The van der Waals surface area contributed by atoms with Crippen LogP contribution in [0.15, 0.2) is 24.3 Å². The normalized spacial score (nSPS) is 8.21. The second kappa shape index (κ2) is 9.33. The third-order valence-corrected chi connectivity index (χ3v) is 1.01. The summed E-state index contributed by atoms with van der Waals surface area (Å²) in [6.07, 6.45) is 1.76. The van der Waals surface area contributed by atoms with Crippen LogP contribution in [0.25, 0.3) is 0 Å². The van der Waals surface area contributed by atoms with Crippen LogP contribution >= 0.6 is 0 Å². The molecule has 3 nitrogen and oxygen atoms in total. The Morgan fingerprint density at radius 3 is 1.86 bits per heavy atom. The van der Waals surface area contributed by atoms with Crippen molar-refractivity contribution in [2.75, 3.05) is 6.26 Å². The molecule has 1 aromatic rings. The molecule has 0 saturated heterocycles. The Labute approximate surface area is 106 Å². The summed E-state index contributed by atoms with van der Waals surface area (Å²) in [4.78, 5) is 10.00. The van der Waals surface area contributed by atoms with E-state index in [0.29, 0.717) is 11.8 Å². The van der Waals surface area contributed by atoms with Crippen LogP contribution in [0.4, 0.5) is 4.39 Å². The molecule has 0 aromatic heterocycles. The Morgan fingerprint density at radius 2 is 1.57 bits per heavy atom. The molecule has 0 N–H and O–H groups in total. The number of hydrogen-bond donors (Lipinski definition) is 0. The summed E-state index contributed by atoms with van der Waals surface area (Å²) >= 11 is 0. The second-order valence-electron chi connectivity index (χ2n) is 2.07. The third-order valence-electron chi connectivity index (χ3n) is 1.01. The van der Waals surface area contributed by atoms with E-state index in [1.54, 1.807) is 0 Å². The van der Waals surface area contributed by atoms with Gasteiger partial charge in [0.25, 0.3) is 0 Å². The van der Waals surface area contributed by atoms with Crippen LogP contribution in [0.1, 0.15) is 10.4 Å². The first kappa shape index (κ1) is 16.2. The van der Waals surface area contributed by atoms with Crippen LogP contribution in [0.2, 0.25) is 0 Å². The number of carbonyl (C=O) groups excluding carboxylic acids is 1. The number of carbonyl (C=O) groups is 1. The van der Waals surface area contributed by atoms with Crippen LogP contribution in [0, 0.1) is 5.82 Å². The predicted octanol–water partition coefficient (Wildman–Crippen LogP) is -1.43. The van der Waals surface area contributed by atoms with Crippen LogP contribution in [-0.2, 0) is 19.1 Å². The van der Waals surface area contributed by atoms with Gasteiger partial charge in [-0.3, -0.25) is 4.79 Å². The van der Waals surface area contributed by atoms with Crippen LogP contribution in [0.5, 0.6) is 0 Å². The van der Waals surface area contributed by atoms with Crippen molar-refractivity contribution in [3.8, 4) is 0 Å². The molecule has 0 aliphatic heterocycles. The van der Waals surface area contributed by atoms with Gasteiger partial charge < -0.3 is 8.42 Å². The Hall–Kier alpha value is -0.230. The minimum Gasteiger partial charge on any atom is -0.424 e. The van der Waals surface area contributed by atoms with Gasteiger partial charge in [0.15, 0.2) is 0 Å². The maximum atomic E-state index is 12.1. The standard InChI is InChI=1S/C7H5FO.CH3O2S.Na/c8-7-3-1-6(5-9)2-4-7;1-4(2)3;/h1-5H;1H3;/q;-1;+1. The molecule has 1 rings (SSSR count). The zero-order chi connectivity index (χ0) is 10.3. The predicted molar refractivity (Wildman–Crippen MR) is 46.4 cm³/mol. The molecule has 0 aliphatic rings. The fourth-order valence-electron chi connectivity index (χ4n) is 0.541. The van der Waals surface area contributed by atoms with Crippen LogP contribution in [0.3, 0.4) is 0 Å². The maximum Gasteiger partial charge on any atom is 1.00 e. The van der Waals surface area contributed by atoms with E-state index >= 15 is 0 Å². The summed E-state index contributed by atoms with van der Waals surface area (Å²) in [7, 11) is -1.86. The van der Waals surface area contributed by atoms with Crippen LogP contribution < -0.4 is 29.6 Å². The SMILES string of the molecule is C[S-](=O)=O.O=Cc1ccc(F)cc1.[Na+]. The Kier molecular flexibility index (Phi) is 10.8. The largest absolute Gasteiger partial charge is 1.00 e. The molecule has 0 radical (unpaired) electrons. The molecule has 0 spiro atoms.